The number of aromatic nitrogens is 1. The minimum absolute atomic E-state index is 0.759. The zero-order valence-corrected chi connectivity index (χ0v) is 15.9. The fourth-order valence-corrected chi connectivity index (χ4v) is 3.58. The standard InChI is InChI=1S/C23H26N4/c1-18(25-26-23-15-12-20-8-4-5-9-22(20)24-23)19-10-13-21(14-11-19)27-16-6-2-3-7-17-27/h4-5,8-15H,2-3,6-7,16-17H2,1H3,(H,24,26)/b25-18+. The van der Waals surface area contributed by atoms with Crippen molar-refractivity contribution in [3.8, 4) is 0 Å². The molecule has 0 spiro atoms. The first-order valence-electron chi connectivity index (χ1n) is 9.81. The van der Waals surface area contributed by atoms with Crippen LogP contribution in [0.3, 0.4) is 0 Å². The number of hydrogen-bond donors (Lipinski definition) is 1. The second-order valence-corrected chi connectivity index (χ2v) is 7.15. The Bertz CT molecular complexity index is 923. The first-order valence-corrected chi connectivity index (χ1v) is 9.81. The highest BCUT2D eigenvalue weighted by molar-refractivity contribution is 5.99. The van der Waals surface area contributed by atoms with Crippen molar-refractivity contribution in [2.24, 2.45) is 5.10 Å². The van der Waals surface area contributed by atoms with E-state index in [0.29, 0.717) is 0 Å². The van der Waals surface area contributed by atoms with Crippen LogP contribution >= 0.6 is 0 Å². The number of fused-ring (bicyclic) bond motifs is 1. The molecule has 2 aromatic carbocycles. The van der Waals surface area contributed by atoms with Gasteiger partial charge >= 0.3 is 0 Å². The zero-order valence-electron chi connectivity index (χ0n) is 15.9. The number of nitrogens with one attached hydrogen (secondary N) is 1. The number of anilines is 2. The van der Waals surface area contributed by atoms with Gasteiger partial charge in [0.05, 0.1) is 11.2 Å². The second kappa shape index (κ2) is 8.21. The lowest BCUT2D eigenvalue weighted by Gasteiger charge is -2.22. The summed E-state index contributed by atoms with van der Waals surface area (Å²) >= 11 is 0. The van der Waals surface area contributed by atoms with Gasteiger partial charge in [-0.15, -0.1) is 0 Å². The van der Waals surface area contributed by atoms with E-state index < -0.39 is 0 Å². The van der Waals surface area contributed by atoms with Crippen LogP contribution in [0.4, 0.5) is 11.5 Å². The van der Waals surface area contributed by atoms with Crippen LogP contribution in [0.1, 0.15) is 38.2 Å². The van der Waals surface area contributed by atoms with Crippen LogP contribution < -0.4 is 10.3 Å². The Hall–Kier alpha value is -2.88. The summed E-state index contributed by atoms with van der Waals surface area (Å²) in [7, 11) is 0. The van der Waals surface area contributed by atoms with Crippen molar-refractivity contribution in [2.75, 3.05) is 23.4 Å². The molecule has 27 heavy (non-hydrogen) atoms. The van der Waals surface area contributed by atoms with Gasteiger partial charge in [-0.2, -0.15) is 5.10 Å². The molecule has 1 aromatic heterocycles. The maximum atomic E-state index is 4.60. The minimum atomic E-state index is 0.759. The maximum absolute atomic E-state index is 4.60. The van der Waals surface area contributed by atoms with Gasteiger partial charge in [-0.1, -0.05) is 43.2 Å². The summed E-state index contributed by atoms with van der Waals surface area (Å²) in [6.07, 6.45) is 5.31. The monoisotopic (exact) mass is 358 g/mol. The molecule has 1 aliphatic heterocycles. The van der Waals surface area contributed by atoms with Crippen LogP contribution in [0, 0.1) is 0 Å². The molecule has 0 bridgehead atoms. The number of hydrazone groups is 1. The van der Waals surface area contributed by atoms with Crippen molar-refractivity contribution in [1.82, 2.24) is 4.98 Å². The van der Waals surface area contributed by atoms with Crippen LogP contribution in [0.2, 0.25) is 0 Å². The Morgan fingerprint density at radius 1 is 0.889 bits per heavy atom. The summed E-state index contributed by atoms with van der Waals surface area (Å²) in [5.74, 6) is 0.759. The second-order valence-electron chi connectivity index (χ2n) is 7.15. The van der Waals surface area contributed by atoms with E-state index in [2.05, 4.69) is 56.8 Å². The summed E-state index contributed by atoms with van der Waals surface area (Å²) in [6, 6.07) is 20.9. The number of benzene rings is 2. The van der Waals surface area contributed by atoms with E-state index in [1.807, 2.05) is 31.2 Å². The molecule has 0 unspecified atom stereocenters. The number of rotatable bonds is 4. The van der Waals surface area contributed by atoms with Gasteiger partial charge in [-0.05, 0) is 55.7 Å². The van der Waals surface area contributed by atoms with E-state index in [9.17, 15) is 0 Å². The van der Waals surface area contributed by atoms with Gasteiger partial charge in [-0.25, -0.2) is 4.98 Å². The van der Waals surface area contributed by atoms with Gasteiger partial charge < -0.3 is 4.90 Å². The molecule has 4 nitrogen and oxygen atoms in total. The van der Waals surface area contributed by atoms with Crippen molar-refractivity contribution in [3.05, 3.63) is 66.2 Å². The Labute approximate surface area is 160 Å². The van der Waals surface area contributed by atoms with Gasteiger partial charge in [0.25, 0.3) is 0 Å². The number of hydrogen-bond acceptors (Lipinski definition) is 4. The first-order chi connectivity index (χ1) is 13.3. The molecule has 4 heteroatoms. The molecule has 1 N–H and O–H groups in total. The number of pyridine rings is 1. The molecule has 0 aliphatic carbocycles. The molecule has 1 saturated heterocycles. The van der Waals surface area contributed by atoms with Crippen LogP contribution in [0.15, 0.2) is 65.8 Å². The Kier molecular flexibility index (Phi) is 5.33. The molecule has 0 atom stereocenters. The average Bonchev–Trinajstić information content (AvgIpc) is 3.01. The van der Waals surface area contributed by atoms with E-state index in [0.717, 1.165) is 28.0 Å². The van der Waals surface area contributed by atoms with Crippen molar-refractivity contribution in [1.29, 1.82) is 0 Å². The molecule has 0 saturated carbocycles. The van der Waals surface area contributed by atoms with Crippen molar-refractivity contribution in [3.63, 3.8) is 0 Å². The molecule has 1 aliphatic rings. The summed E-state index contributed by atoms with van der Waals surface area (Å²) in [5.41, 5.74) is 7.45. The van der Waals surface area contributed by atoms with E-state index in [4.69, 9.17) is 0 Å². The van der Waals surface area contributed by atoms with Crippen molar-refractivity contribution in [2.45, 2.75) is 32.6 Å². The van der Waals surface area contributed by atoms with Gasteiger partial charge in [-0.3, -0.25) is 5.43 Å². The highest BCUT2D eigenvalue weighted by atomic mass is 15.3. The molecule has 138 valence electrons. The van der Waals surface area contributed by atoms with E-state index >= 15 is 0 Å². The smallest absolute Gasteiger partial charge is 0.146 e. The van der Waals surface area contributed by atoms with Gasteiger partial charge in [0.2, 0.25) is 0 Å². The SMILES string of the molecule is C/C(=N\Nc1ccc2ccccc2n1)c1ccc(N2CCCCCC2)cc1. The van der Waals surface area contributed by atoms with Gasteiger partial charge in [0.1, 0.15) is 5.82 Å². The molecule has 2 heterocycles. The number of nitrogens with zero attached hydrogens (tertiary/aromatic N) is 3. The quantitative estimate of drug-likeness (QED) is 0.498. The average molecular weight is 358 g/mol. The third kappa shape index (κ3) is 4.27. The summed E-state index contributed by atoms with van der Waals surface area (Å²) in [5, 5.41) is 5.65. The highest BCUT2D eigenvalue weighted by Gasteiger charge is 2.10. The highest BCUT2D eigenvalue weighted by Crippen LogP contribution is 2.20. The summed E-state index contributed by atoms with van der Waals surface area (Å²) in [4.78, 5) is 7.10. The molecule has 4 rings (SSSR count). The van der Waals surface area contributed by atoms with E-state index in [-0.39, 0.29) is 0 Å². The van der Waals surface area contributed by atoms with Crippen LogP contribution in [0.5, 0.6) is 0 Å². The predicted molar refractivity (Wildman–Crippen MR) is 115 cm³/mol. The van der Waals surface area contributed by atoms with Crippen LogP contribution in [-0.2, 0) is 0 Å². The zero-order chi connectivity index (χ0) is 18.5. The lowest BCUT2D eigenvalue weighted by atomic mass is 10.1. The van der Waals surface area contributed by atoms with Crippen LogP contribution in [0.25, 0.3) is 10.9 Å². The lowest BCUT2D eigenvalue weighted by molar-refractivity contribution is 0.726. The molecule has 0 radical (unpaired) electrons. The summed E-state index contributed by atoms with van der Waals surface area (Å²) < 4.78 is 0. The lowest BCUT2D eigenvalue weighted by Crippen LogP contribution is -2.23. The normalized spacial score (nSPS) is 15.6. The van der Waals surface area contributed by atoms with Gasteiger partial charge in [0, 0.05) is 24.2 Å². The Morgan fingerprint density at radius 2 is 1.63 bits per heavy atom. The molecular weight excluding hydrogens is 332 g/mol. The Morgan fingerprint density at radius 3 is 2.41 bits per heavy atom. The fraction of sp³-hybridized carbons (Fsp3) is 0.304. The maximum Gasteiger partial charge on any atom is 0.146 e. The topological polar surface area (TPSA) is 40.5 Å². The van der Waals surface area contributed by atoms with Gasteiger partial charge in [0.15, 0.2) is 0 Å². The minimum Gasteiger partial charge on any atom is -0.372 e. The summed E-state index contributed by atoms with van der Waals surface area (Å²) in [6.45, 7) is 4.36. The Balaban J connectivity index is 1.45. The molecule has 1 fully saturated rings. The predicted octanol–water partition coefficient (Wildman–Crippen LogP) is 5.45. The van der Waals surface area contributed by atoms with Crippen molar-refractivity contribution < 1.29 is 0 Å². The molecular formula is C23H26N4. The third-order valence-electron chi connectivity index (χ3n) is 5.19. The van der Waals surface area contributed by atoms with Crippen molar-refractivity contribution >= 4 is 28.1 Å². The first kappa shape index (κ1) is 17.5. The number of para-hydroxylation sites is 1. The van der Waals surface area contributed by atoms with Crippen LogP contribution in [-0.4, -0.2) is 23.8 Å². The third-order valence-corrected chi connectivity index (χ3v) is 5.19. The largest absolute Gasteiger partial charge is 0.372 e. The van der Waals surface area contributed by atoms with E-state index in [1.165, 1.54) is 44.5 Å². The molecule has 3 aromatic rings. The molecule has 0 amide bonds. The fourth-order valence-electron chi connectivity index (χ4n) is 3.58. The van der Waals surface area contributed by atoms with E-state index in [1.54, 1.807) is 0 Å².